The first-order valence-corrected chi connectivity index (χ1v) is 9.11. The lowest BCUT2D eigenvalue weighted by Crippen LogP contribution is -2.15. The van der Waals surface area contributed by atoms with E-state index in [-0.39, 0.29) is 5.75 Å². The first kappa shape index (κ1) is 14.8. The third-order valence-electron chi connectivity index (χ3n) is 3.88. The maximum Gasteiger partial charge on any atom is 0.313 e. The SMILES string of the molecule is CSC1(Cn2c(SCC(=O)O)nc3ccc(C)cc32)CC1. The van der Waals surface area contributed by atoms with Crippen molar-refractivity contribution in [1.82, 2.24) is 9.55 Å². The second-order valence-corrected chi connectivity index (χ2v) is 7.76. The van der Waals surface area contributed by atoms with Crippen LogP contribution in [0.25, 0.3) is 11.0 Å². The number of rotatable bonds is 6. The fraction of sp³-hybridized carbons (Fsp3) is 0.467. The van der Waals surface area contributed by atoms with Crippen molar-refractivity contribution in [3.63, 3.8) is 0 Å². The van der Waals surface area contributed by atoms with Crippen LogP contribution in [0.2, 0.25) is 0 Å². The molecule has 0 radical (unpaired) electrons. The van der Waals surface area contributed by atoms with Crippen LogP contribution in [-0.4, -0.2) is 37.4 Å². The zero-order valence-corrected chi connectivity index (χ0v) is 13.8. The van der Waals surface area contributed by atoms with E-state index in [2.05, 4.69) is 28.8 Å². The van der Waals surface area contributed by atoms with Crippen LogP contribution < -0.4 is 0 Å². The summed E-state index contributed by atoms with van der Waals surface area (Å²) in [6.45, 7) is 2.98. The van der Waals surface area contributed by atoms with E-state index in [0.717, 1.165) is 22.7 Å². The minimum Gasteiger partial charge on any atom is -0.481 e. The Morgan fingerprint density at radius 1 is 1.48 bits per heavy atom. The minimum atomic E-state index is -0.805. The second-order valence-electron chi connectivity index (χ2n) is 5.54. The van der Waals surface area contributed by atoms with Crippen LogP contribution in [0.1, 0.15) is 18.4 Å². The van der Waals surface area contributed by atoms with Gasteiger partial charge in [0.15, 0.2) is 5.16 Å². The van der Waals surface area contributed by atoms with Gasteiger partial charge in [0.2, 0.25) is 0 Å². The van der Waals surface area contributed by atoms with E-state index in [0.29, 0.717) is 4.75 Å². The molecule has 0 spiro atoms. The van der Waals surface area contributed by atoms with Crippen molar-refractivity contribution in [1.29, 1.82) is 0 Å². The standard InChI is InChI=1S/C15H18N2O2S2/c1-10-3-4-11-12(7-10)17(9-15(20-2)5-6-15)14(16-11)21-8-13(18)19/h3-4,7H,5-6,8-9H2,1-2H3,(H,18,19). The van der Waals surface area contributed by atoms with Gasteiger partial charge < -0.3 is 9.67 Å². The van der Waals surface area contributed by atoms with Gasteiger partial charge in [-0.3, -0.25) is 4.79 Å². The highest BCUT2D eigenvalue weighted by molar-refractivity contribution is 8.00. The molecular weight excluding hydrogens is 304 g/mol. The van der Waals surface area contributed by atoms with E-state index in [1.54, 1.807) is 0 Å². The van der Waals surface area contributed by atoms with E-state index in [4.69, 9.17) is 5.11 Å². The number of aryl methyl sites for hydroxylation is 1. The van der Waals surface area contributed by atoms with Crippen LogP contribution in [0.5, 0.6) is 0 Å². The second kappa shape index (κ2) is 5.57. The van der Waals surface area contributed by atoms with E-state index >= 15 is 0 Å². The fourth-order valence-electron chi connectivity index (χ4n) is 2.45. The molecule has 112 valence electrons. The van der Waals surface area contributed by atoms with Crippen LogP contribution in [0.15, 0.2) is 23.4 Å². The lowest BCUT2D eigenvalue weighted by atomic mass is 10.2. The smallest absolute Gasteiger partial charge is 0.313 e. The average Bonchev–Trinajstić information content (AvgIpc) is 3.15. The van der Waals surface area contributed by atoms with Gasteiger partial charge in [-0.05, 0) is 43.7 Å². The lowest BCUT2D eigenvalue weighted by Gasteiger charge is -2.15. The zero-order valence-electron chi connectivity index (χ0n) is 12.1. The molecule has 6 heteroatoms. The monoisotopic (exact) mass is 322 g/mol. The predicted octanol–water partition coefficient (Wildman–Crippen LogP) is 3.42. The number of nitrogens with zero attached hydrogens (tertiary/aromatic N) is 2. The van der Waals surface area contributed by atoms with Crippen molar-refractivity contribution in [3.05, 3.63) is 23.8 Å². The summed E-state index contributed by atoms with van der Waals surface area (Å²) < 4.78 is 2.52. The van der Waals surface area contributed by atoms with Gasteiger partial charge >= 0.3 is 5.97 Å². The number of hydrogen-bond acceptors (Lipinski definition) is 4. The summed E-state index contributed by atoms with van der Waals surface area (Å²) in [5.74, 6) is -0.755. The Bertz CT molecular complexity index is 692. The van der Waals surface area contributed by atoms with Gasteiger partial charge in [-0.15, -0.1) is 0 Å². The molecule has 1 fully saturated rings. The highest BCUT2D eigenvalue weighted by Crippen LogP contribution is 2.49. The summed E-state index contributed by atoms with van der Waals surface area (Å²) in [5, 5.41) is 9.73. The lowest BCUT2D eigenvalue weighted by molar-refractivity contribution is -0.133. The Kier molecular flexibility index (Phi) is 3.92. The van der Waals surface area contributed by atoms with Crippen LogP contribution in [0, 0.1) is 6.92 Å². The first-order valence-electron chi connectivity index (χ1n) is 6.90. The molecule has 2 aromatic rings. The summed E-state index contributed by atoms with van der Waals surface area (Å²) in [4.78, 5) is 15.5. The Balaban J connectivity index is 2.01. The van der Waals surface area contributed by atoms with E-state index in [9.17, 15) is 4.79 Å². The number of hydrogen-bond donors (Lipinski definition) is 1. The zero-order chi connectivity index (χ0) is 15.0. The molecule has 21 heavy (non-hydrogen) atoms. The first-order chi connectivity index (χ1) is 10.0. The number of carbonyl (C=O) groups is 1. The Morgan fingerprint density at radius 2 is 2.24 bits per heavy atom. The van der Waals surface area contributed by atoms with Gasteiger partial charge in [-0.2, -0.15) is 11.8 Å². The summed E-state index contributed by atoms with van der Waals surface area (Å²) >= 11 is 3.22. The number of fused-ring (bicyclic) bond motifs is 1. The fourth-order valence-corrected chi connectivity index (χ4v) is 3.96. The molecule has 1 aliphatic rings. The topological polar surface area (TPSA) is 55.1 Å². The number of aliphatic carboxylic acids is 1. The average molecular weight is 322 g/mol. The summed E-state index contributed by atoms with van der Waals surface area (Å²) in [6.07, 6.45) is 4.60. The van der Waals surface area contributed by atoms with Crippen LogP contribution >= 0.6 is 23.5 Å². The van der Waals surface area contributed by atoms with E-state index in [1.807, 2.05) is 23.9 Å². The molecule has 4 nitrogen and oxygen atoms in total. The van der Waals surface area contributed by atoms with Gasteiger partial charge in [-0.1, -0.05) is 17.8 Å². The Hall–Kier alpha value is -1.14. The number of imidazole rings is 1. The Morgan fingerprint density at radius 3 is 2.86 bits per heavy atom. The van der Waals surface area contributed by atoms with Gasteiger partial charge in [0.1, 0.15) is 0 Å². The quantitative estimate of drug-likeness (QED) is 0.826. The van der Waals surface area contributed by atoms with Crippen molar-refractivity contribution >= 4 is 40.5 Å². The number of carboxylic acids is 1. The van der Waals surface area contributed by atoms with Crippen molar-refractivity contribution in [2.45, 2.75) is 36.2 Å². The predicted molar refractivity (Wildman–Crippen MR) is 88.3 cm³/mol. The molecule has 0 aliphatic heterocycles. The molecule has 0 bridgehead atoms. The number of benzene rings is 1. The number of carboxylic acid groups (broad SMARTS) is 1. The molecule has 1 N–H and O–H groups in total. The summed E-state index contributed by atoms with van der Waals surface area (Å²) in [7, 11) is 0. The van der Waals surface area contributed by atoms with Crippen LogP contribution in [0.3, 0.4) is 0 Å². The number of aromatic nitrogens is 2. The van der Waals surface area contributed by atoms with Crippen molar-refractivity contribution < 1.29 is 9.90 Å². The van der Waals surface area contributed by atoms with E-state index < -0.39 is 5.97 Å². The van der Waals surface area contributed by atoms with Gasteiger partial charge in [-0.25, -0.2) is 4.98 Å². The molecule has 1 aromatic heterocycles. The van der Waals surface area contributed by atoms with Crippen molar-refractivity contribution in [3.8, 4) is 0 Å². The number of thioether (sulfide) groups is 2. The highest BCUT2D eigenvalue weighted by Gasteiger charge is 2.42. The molecule has 0 atom stereocenters. The maximum atomic E-state index is 10.8. The highest BCUT2D eigenvalue weighted by atomic mass is 32.2. The molecule has 1 saturated carbocycles. The largest absolute Gasteiger partial charge is 0.481 e. The molecule has 1 heterocycles. The normalized spacial score (nSPS) is 16.3. The molecule has 1 aromatic carbocycles. The Labute approximate surface area is 132 Å². The van der Waals surface area contributed by atoms with Crippen molar-refractivity contribution in [2.24, 2.45) is 0 Å². The molecular formula is C15H18N2O2S2. The van der Waals surface area contributed by atoms with Gasteiger partial charge in [0.25, 0.3) is 0 Å². The van der Waals surface area contributed by atoms with Crippen LogP contribution in [-0.2, 0) is 11.3 Å². The molecule has 0 saturated heterocycles. The maximum absolute atomic E-state index is 10.8. The summed E-state index contributed by atoms with van der Waals surface area (Å²) in [6, 6.07) is 6.21. The third kappa shape index (κ3) is 3.06. The molecule has 1 aliphatic carbocycles. The van der Waals surface area contributed by atoms with Crippen molar-refractivity contribution in [2.75, 3.05) is 12.0 Å². The summed E-state index contributed by atoms with van der Waals surface area (Å²) in [5.41, 5.74) is 3.26. The van der Waals surface area contributed by atoms with Crippen LogP contribution in [0.4, 0.5) is 0 Å². The van der Waals surface area contributed by atoms with Gasteiger partial charge in [0, 0.05) is 11.3 Å². The molecule has 0 unspecified atom stereocenters. The van der Waals surface area contributed by atoms with E-state index in [1.165, 1.54) is 30.2 Å². The molecule has 3 rings (SSSR count). The molecule has 0 amide bonds. The minimum absolute atomic E-state index is 0.0502. The third-order valence-corrected chi connectivity index (χ3v) is 6.24. The van der Waals surface area contributed by atoms with Gasteiger partial charge in [0.05, 0.1) is 16.8 Å².